The SMILES string of the molecule is COc1cccc(CC(=O)N(C)C[C@H]2Cc3ccccc3CO2)c1. The minimum atomic E-state index is 0.0548. The van der Waals surface area contributed by atoms with Crippen LogP contribution in [0.1, 0.15) is 16.7 Å². The molecule has 0 bridgehead atoms. The standard InChI is InChI=1S/C20H23NO3/c1-21(20(22)11-15-6-5-9-18(10-15)23-2)13-19-12-16-7-3-4-8-17(16)14-24-19/h3-10,19H,11-14H2,1-2H3/t19-/m1/s1. The molecule has 24 heavy (non-hydrogen) atoms. The van der Waals surface area contributed by atoms with Crippen molar-refractivity contribution in [2.24, 2.45) is 0 Å². The second-order valence-electron chi connectivity index (χ2n) is 6.21. The second kappa shape index (κ2) is 7.49. The molecule has 0 unspecified atom stereocenters. The molecule has 0 saturated carbocycles. The highest BCUT2D eigenvalue weighted by Gasteiger charge is 2.22. The van der Waals surface area contributed by atoms with Crippen LogP contribution in [0, 0.1) is 0 Å². The molecular formula is C20H23NO3. The van der Waals surface area contributed by atoms with Crippen molar-refractivity contribution in [2.45, 2.75) is 25.6 Å². The van der Waals surface area contributed by atoms with Crippen molar-refractivity contribution in [1.82, 2.24) is 4.90 Å². The van der Waals surface area contributed by atoms with Crippen LogP contribution in [0.3, 0.4) is 0 Å². The van der Waals surface area contributed by atoms with Gasteiger partial charge < -0.3 is 14.4 Å². The number of fused-ring (bicyclic) bond motifs is 1. The first-order chi connectivity index (χ1) is 11.7. The van der Waals surface area contributed by atoms with Crippen LogP contribution in [0.4, 0.5) is 0 Å². The van der Waals surface area contributed by atoms with Crippen LogP contribution in [-0.2, 0) is 29.0 Å². The van der Waals surface area contributed by atoms with Crippen LogP contribution < -0.4 is 4.74 Å². The van der Waals surface area contributed by atoms with Crippen molar-refractivity contribution in [3.8, 4) is 5.75 Å². The Balaban J connectivity index is 1.57. The summed E-state index contributed by atoms with van der Waals surface area (Å²) in [6.45, 7) is 1.23. The Hall–Kier alpha value is -2.33. The zero-order valence-electron chi connectivity index (χ0n) is 14.2. The molecule has 2 aromatic rings. The fraction of sp³-hybridized carbons (Fsp3) is 0.350. The maximum absolute atomic E-state index is 12.5. The summed E-state index contributed by atoms with van der Waals surface area (Å²) < 4.78 is 11.1. The van der Waals surface area contributed by atoms with E-state index in [2.05, 4.69) is 18.2 Å². The van der Waals surface area contributed by atoms with Crippen molar-refractivity contribution in [3.63, 3.8) is 0 Å². The van der Waals surface area contributed by atoms with Gasteiger partial charge in [0.1, 0.15) is 5.75 Å². The van der Waals surface area contributed by atoms with Crippen LogP contribution in [0.2, 0.25) is 0 Å². The zero-order valence-corrected chi connectivity index (χ0v) is 14.2. The first kappa shape index (κ1) is 16.5. The van der Waals surface area contributed by atoms with Gasteiger partial charge in [0.15, 0.2) is 0 Å². The van der Waals surface area contributed by atoms with Gasteiger partial charge in [-0.1, -0.05) is 36.4 Å². The number of carbonyl (C=O) groups excluding carboxylic acids is 1. The average Bonchev–Trinajstić information content (AvgIpc) is 2.61. The van der Waals surface area contributed by atoms with Gasteiger partial charge in [-0.2, -0.15) is 0 Å². The van der Waals surface area contributed by atoms with Crippen LogP contribution in [0.25, 0.3) is 0 Å². The van der Waals surface area contributed by atoms with Gasteiger partial charge in [-0.3, -0.25) is 4.79 Å². The van der Waals surface area contributed by atoms with E-state index >= 15 is 0 Å². The number of amides is 1. The fourth-order valence-electron chi connectivity index (χ4n) is 3.03. The number of nitrogens with zero attached hydrogens (tertiary/aromatic N) is 1. The number of ether oxygens (including phenoxy) is 2. The number of rotatable bonds is 5. The molecule has 0 radical (unpaired) electrons. The first-order valence-corrected chi connectivity index (χ1v) is 8.21. The molecule has 1 atom stereocenters. The highest BCUT2D eigenvalue weighted by Crippen LogP contribution is 2.21. The van der Waals surface area contributed by atoms with Crippen molar-refractivity contribution in [3.05, 3.63) is 65.2 Å². The number of benzene rings is 2. The van der Waals surface area contributed by atoms with Crippen LogP contribution in [0.5, 0.6) is 5.75 Å². The lowest BCUT2D eigenvalue weighted by atomic mass is 9.99. The van der Waals surface area contributed by atoms with Crippen LogP contribution >= 0.6 is 0 Å². The van der Waals surface area contributed by atoms with Crippen LogP contribution in [0.15, 0.2) is 48.5 Å². The molecule has 2 aromatic carbocycles. The van der Waals surface area contributed by atoms with Gasteiger partial charge in [-0.05, 0) is 28.8 Å². The third-order valence-corrected chi connectivity index (χ3v) is 4.43. The Bertz CT molecular complexity index is 714. The van der Waals surface area contributed by atoms with Gasteiger partial charge in [-0.25, -0.2) is 0 Å². The van der Waals surface area contributed by atoms with E-state index in [1.54, 1.807) is 12.0 Å². The maximum atomic E-state index is 12.5. The molecule has 3 rings (SSSR count). The van der Waals surface area contributed by atoms with Gasteiger partial charge in [-0.15, -0.1) is 0 Å². The second-order valence-corrected chi connectivity index (χ2v) is 6.21. The monoisotopic (exact) mass is 325 g/mol. The maximum Gasteiger partial charge on any atom is 0.226 e. The minimum Gasteiger partial charge on any atom is -0.497 e. The largest absolute Gasteiger partial charge is 0.497 e. The lowest BCUT2D eigenvalue weighted by molar-refractivity contribution is -0.131. The summed E-state index contributed by atoms with van der Waals surface area (Å²) in [4.78, 5) is 14.2. The summed E-state index contributed by atoms with van der Waals surface area (Å²) >= 11 is 0. The highest BCUT2D eigenvalue weighted by atomic mass is 16.5. The predicted molar refractivity (Wildman–Crippen MR) is 93.1 cm³/mol. The molecule has 1 aliphatic rings. The number of likely N-dealkylation sites (N-methyl/N-ethyl adjacent to an activating group) is 1. The third kappa shape index (κ3) is 3.95. The molecule has 0 saturated heterocycles. The molecule has 0 aliphatic carbocycles. The Labute approximate surface area is 143 Å². The molecule has 126 valence electrons. The van der Waals surface area contributed by atoms with Crippen LogP contribution in [-0.4, -0.2) is 37.6 Å². The molecule has 0 aromatic heterocycles. The quantitative estimate of drug-likeness (QED) is 0.848. The topological polar surface area (TPSA) is 38.8 Å². The summed E-state index contributed by atoms with van der Waals surface area (Å²) in [6, 6.07) is 16.0. The molecule has 1 heterocycles. The number of hydrogen-bond donors (Lipinski definition) is 0. The average molecular weight is 325 g/mol. The summed E-state index contributed by atoms with van der Waals surface area (Å²) in [5.41, 5.74) is 3.53. The van der Waals surface area contributed by atoms with Crippen molar-refractivity contribution >= 4 is 5.91 Å². The number of methoxy groups -OCH3 is 1. The first-order valence-electron chi connectivity index (χ1n) is 8.21. The smallest absolute Gasteiger partial charge is 0.226 e. The Morgan fingerprint density at radius 2 is 2.00 bits per heavy atom. The van der Waals surface area contributed by atoms with E-state index in [1.165, 1.54) is 11.1 Å². The van der Waals surface area contributed by atoms with Crippen molar-refractivity contribution in [1.29, 1.82) is 0 Å². The van der Waals surface area contributed by atoms with Gasteiger partial charge in [0.2, 0.25) is 5.91 Å². The normalized spacial score (nSPS) is 16.3. The molecule has 0 N–H and O–H groups in total. The lowest BCUT2D eigenvalue weighted by Gasteiger charge is -2.29. The highest BCUT2D eigenvalue weighted by molar-refractivity contribution is 5.78. The Morgan fingerprint density at radius 3 is 2.79 bits per heavy atom. The molecule has 4 nitrogen and oxygen atoms in total. The summed E-state index contributed by atoms with van der Waals surface area (Å²) in [7, 11) is 3.47. The predicted octanol–water partition coefficient (Wildman–Crippen LogP) is 2.84. The summed E-state index contributed by atoms with van der Waals surface area (Å²) in [5, 5.41) is 0. The molecular weight excluding hydrogens is 302 g/mol. The Morgan fingerprint density at radius 1 is 1.21 bits per heavy atom. The van der Waals surface area contributed by atoms with E-state index in [0.717, 1.165) is 17.7 Å². The van der Waals surface area contributed by atoms with E-state index in [4.69, 9.17) is 9.47 Å². The van der Waals surface area contributed by atoms with E-state index in [-0.39, 0.29) is 12.0 Å². The van der Waals surface area contributed by atoms with Gasteiger partial charge in [0, 0.05) is 20.0 Å². The lowest BCUT2D eigenvalue weighted by Crippen LogP contribution is -2.38. The van der Waals surface area contributed by atoms with E-state index < -0.39 is 0 Å². The summed E-state index contributed by atoms with van der Waals surface area (Å²) in [6.07, 6.45) is 1.28. The fourth-order valence-corrected chi connectivity index (χ4v) is 3.03. The summed E-state index contributed by atoms with van der Waals surface area (Å²) in [5.74, 6) is 0.862. The van der Waals surface area contributed by atoms with Gasteiger partial charge >= 0.3 is 0 Å². The van der Waals surface area contributed by atoms with E-state index in [0.29, 0.717) is 19.6 Å². The molecule has 1 aliphatic heterocycles. The minimum absolute atomic E-state index is 0.0548. The molecule has 0 fully saturated rings. The van der Waals surface area contributed by atoms with E-state index in [1.807, 2.05) is 37.4 Å². The van der Waals surface area contributed by atoms with E-state index in [9.17, 15) is 4.79 Å². The van der Waals surface area contributed by atoms with Gasteiger partial charge in [0.25, 0.3) is 0 Å². The third-order valence-electron chi connectivity index (χ3n) is 4.43. The van der Waals surface area contributed by atoms with Crippen molar-refractivity contribution < 1.29 is 14.3 Å². The zero-order chi connectivity index (χ0) is 16.9. The molecule has 4 heteroatoms. The van der Waals surface area contributed by atoms with Crippen molar-refractivity contribution in [2.75, 3.05) is 20.7 Å². The molecule has 0 spiro atoms. The number of hydrogen-bond acceptors (Lipinski definition) is 3. The number of carbonyl (C=O) groups is 1. The molecule has 1 amide bonds. The van der Waals surface area contributed by atoms with Gasteiger partial charge in [0.05, 0.1) is 26.2 Å². The Kier molecular flexibility index (Phi) is 5.16.